The van der Waals surface area contributed by atoms with Crippen molar-refractivity contribution < 1.29 is 9.53 Å². The fraction of sp³-hybridized carbons (Fsp3) is 0.111. The zero-order chi connectivity index (χ0) is 16.6. The van der Waals surface area contributed by atoms with Crippen LogP contribution in [0.3, 0.4) is 0 Å². The van der Waals surface area contributed by atoms with Gasteiger partial charge >= 0.3 is 6.03 Å². The first-order valence-corrected chi connectivity index (χ1v) is 7.64. The maximum Gasteiger partial charge on any atom is 0.324 e. The van der Waals surface area contributed by atoms with Crippen LogP contribution >= 0.6 is 0 Å². The highest BCUT2D eigenvalue weighted by molar-refractivity contribution is 5.99. The number of urea groups is 1. The summed E-state index contributed by atoms with van der Waals surface area (Å²) in [6, 6.07) is 20.3. The van der Waals surface area contributed by atoms with Crippen LogP contribution in [0, 0.1) is 0 Å². The lowest BCUT2D eigenvalue weighted by atomic mass is 10.3. The number of hydrogen-bond acceptors (Lipinski definition) is 3. The predicted molar refractivity (Wildman–Crippen MR) is 93.2 cm³/mol. The standard InChI is InChI=1S/C18H18N4O2/c23-18(19-15-7-3-1-4-8-15)20-17-11-12-22(21-17)13-14-24-16-9-5-2-6-10-16/h1-12H,13-14H2,(H2,19,20,21,23). The minimum atomic E-state index is -0.327. The average molecular weight is 322 g/mol. The zero-order valence-corrected chi connectivity index (χ0v) is 13.1. The summed E-state index contributed by atoms with van der Waals surface area (Å²) < 4.78 is 7.34. The van der Waals surface area contributed by atoms with Gasteiger partial charge in [-0.05, 0) is 24.3 Å². The molecule has 2 N–H and O–H groups in total. The Kier molecular flexibility index (Phi) is 5.09. The van der Waals surface area contributed by atoms with Gasteiger partial charge in [-0.2, -0.15) is 5.10 Å². The van der Waals surface area contributed by atoms with Gasteiger partial charge in [-0.25, -0.2) is 4.79 Å². The van der Waals surface area contributed by atoms with E-state index in [4.69, 9.17) is 4.74 Å². The van der Waals surface area contributed by atoms with Gasteiger partial charge in [0.2, 0.25) is 0 Å². The molecule has 0 saturated carbocycles. The van der Waals surface area contributed by atoms with Crippen molar-refractivity contribution in [3.63, 3.8) is 0 Å². The summed E-state index contributed by atoms with van der Waals surface area (Å²) in [6.45, 7) is 1.10. The molecule has 0 unspecified atom stereocenters. The van der Waals surface area contributed by atoms with Crippen LogP contribution in [0.4, 0.5) is 16.3 Å². The third-order valence-corrected chi connectivity index (χ3v) is 3.25. The second-order valence-corrected chi connectivity index (χ2v) is 5.07. The van der Waals surface area contributed by atoms with Gasteiger partial charge in [-0.3, -0.25) is 10.00 Å². The highest BCUT2D eigenvalue weighted by Gasteiger charge is 2.05. The van der Waals surface area contributed by atoms with Gasteiger partial charge in [0.25, 0.3) is 0 Å². The number of hydrogen-bond donors (Lipinski definition) is 2. The Hall–Kier alpha value is -3.28. The van der Waals surface area contributed by atoms with Crippen molar-refractivity contribution in [3.05, 3.63) is 72.9 Å². The second-order valence-electron chi connectivity index (χ2n) is 5.07. The monoisotopic (exact) mass is 322 g/mol. The smallest absolute Gasteiger partial charge is 0.324 e. The van der Waals surface area contributed by atoms with E-state index in [0.29, 0.717) is 19.0 Å². The molecule has 6 nitrogen and oxygen atoms in total. The van der Waals surface area contributed by atoms with E-state index >= 15 is 0 Å². The van der Waals surface area contributed by atoms with E-state index in [9.17, 15) is 4.79 Å². The van der Waals surface area contributed by atoms with Crippen LogP contribution in [0.15, 0.2) is 72.9 Å². The van der Waals surface area contributed by atoms with Gasteiger partial charge in [-0.15, -0.1) is 0 Å². The van der Waals surface area contributed by atoms with E-state index in [0.717, 1.165) is 11.4 Å². The van der Waals surface area contributed by atoms with Crippen LogP contribution in [0.1, 0.15) is 0 Å². The van der Waals surface area contributed by atoms with E-state index < -0.39 is 0 Å². The quantitative estimate of drug-likeness (QED) is 0.728. The molecule has 0 aliphatic heterocycles. The number of nitrogens with zero attached hydrogens (tertiary/aromatic N) is 2. The molecule has 0 aliphatic rings. The molecule has 0 spiro atoms. The largest absolute Gasteiger partial charge is 0.492 e. The van der Waals surface area contributed by atoms with Crippen LogP contribution in [-0.4, -0.2) is 22.4 Å². The van der Waals surface area contributed by atoms with Crippen molar-refractivity contribution in [3.8, 4) is 5.75 Å². The molecule has 1 heterocycles. The molecule has 0 bridgehead atoms. The molecule has 3 rings (SSSR count). The number of benzene rings is 2. The van der Waals surface area contributed by atoms with Crippen LogP contribution in [0.25, 0.3) is 0 Å². The van der Waals surface area contributed by atoms with Crippen molar-refractivity contribution in [2.75, 3.05) is 17.2 Å². The highest BCUT2D eigenvalue weighted by Crippen LogP contribution is 2.09. The van der Waals surface area contributed by atoms with Crippen LogP contribution in [-0.2, 0) is 6.54 Å². The first kappa shape index (κ1) is 15.6. The molecule has 0 aliphatic carbocycles. The topological polar surface area (TPSA) is 68.2 Å². The van der Waals surface area contributed by atoms with Crippen LogP contribution in [0.2, 0.25) is 0 Å². The maximum absolute atomic E-state index is 11.9. The van der Waals surface area contributed by atoms with E-state index in [1.807, 2.05) is 60.7 Å². The Bertz CT molecular complexity index is 772. The molecule has 0 atom stereocenters. The number of para-hydroxylation sites is 2. The number of ether oxygens (including phenoxy) is 1. The average Bonchev–Trinajstić information content (AvgIpc) is 3.04. The van der Waals surface area contributed by atoms with E-state index in [1.165, 1.54) is 0 Å². The highest BCUT2D eigenvalue weighted by atomic mass is 16.5. The lowest BCUT2D eigenvalue weighted by Crippen LogP contribution is -2.20. The van der Waals surface area contributed by atoms with Gasteiger partial charge in [0.05, 0.1) is 6.54 Å². The Balaban J connectivity index is 1.46. The van der Waals surface area contributed by atoms with Gasteiger partial charge in [0, 0.05) is 18.0 Å². The fourth-order valence-corrected chi connectivity index (χ4v) is 2.13. The molecule has 0 fully saturated rings. The van der Waals surface area contributed by atoms with Gasteiger partial charge in [0.15, 0.2) is 5.82 Å². The van der Waals surface area contributed by atoms with E-state index in [2.05, 4.69) is 15.7 Å². The van der Waals surface area contributed by atoms with Crippen molar-refractivity contribution in [2.45, 2.75) is 6.54 Å². The van der Waals surface area contributed by atoms with Crippen molar-refractivity contribution in [1.29, 1.82) is 0 Å². The minimum Gasteiger partial charge on any atom is -0.492 e. The Morgan fingerprint density at radius 3 is 2.42 bits per heavy atom. The fourth-order valence-electron chi connectivity index (χ4n) is 2.13. The van der Waals surface area contributed by atoms with Gasteiger partial charge in [0.1, 0.15) is 12.4 Å². The molecular weight excluding hydrogens is 304 g/mol. The SMILES string of the molecule is O=C(Nc1ccccc1)Nc1ccn(CCOc2ccccc2)n1. The molecule has 6 heteroatoms. The summed E-state index contributed by atoms with van der Waals surface area (Å²) in [4.78, 5) is 11.9. The minimum absolute atomic E-state index is 0.327. The molecular formula is C18H18N4O2. The lowest BCUT2D eigenvalue weighted by Gasteiger charge is -2.06. The van der Waals surface area contributed by atoms with Crippen molar-refractivity contribution in [2.24, 2.45) is 0 Å². The summed E-state index contributed by atoms with van der Waals surface area (Å²) in [5.74, 6) is 1.31. The number of carbonyl (C=O) groups excluding carboxylic acids is 1. The summed E-state index contributed by atoms with van der Waals surface area (Å²) in [7, 11) is 0. The second kappa shape index (κ2) is 7.82. The maximum atomic E-state index is 11.9. The molecule has 0 saturated heterocycles. The normalized spacial score (nSPS) is 10.2. The van der Waals surface area contributed by atoms with Crippen LogP contribution < -0.4 is 15.4 Å². The van der Waals surface area contributed by atoms with Crippen LogP contribution in [0.5, 0.6) is 5.75 Å². The van der Waals surface area contributed by atoms with Gasteiger partial charge < -0.3 is 10.1 Å². The van der Waals surface area contributed by atoms with Crippen molar-refractivity contribution in [1.82, 2.24) is 9.78 Å². The number of rotatable bonds is 6. The Morgan fingerprint density at radius 1 is 0.958 bits per heavy atom. The van der Waals surface area contributed by atoms with E-state index in [1.54, 1.807) is 16.9 Å². The molecule has 2 amide bonds. The first-order valence-electron chi connectivity index (χ1n) is 7.64. The predicted octanol–water partition coefficient (Wildman–Crippen LogP) is 3.61. The molecule has 24 heavy (non-hydrogen) atoms. The van der Waals surface area contributed by atoms with E-state index in [-0.39, 0.29) is 6.03 Å². The third kappa shape index (κ3) is 4.61. The Labute approximate surface area is 140 Å². The first-order chi connectivity index (χ1) is 11.8. The summed E-state index contributed by atoms with van der Waals surface area (Å²) >= 11 is 0. The van der Waals surface area contributed by atoms with Gasteiger partial charge in [-0.1, -0.05) is 36.4 Å². The molecule has 1 aromatic heterocycles. The molecule has 0 radical (unpaired) electrons. The third-order valence-electron chi connectivity index (χ3n) is 3.25. The number of aromatic nitrogens is 2. The summed E-state index contributed by atoms with van der Waals surface area (Å²) in [5, 5.41) is 9.72. The molecule has 122 valence electrons. The lowest BCUT2D eigenvalue weighted by molar-refractivity contribution is 0.262. The number of nitrogens with one attached hydrogen (secondary N) is 2. The summed E-state index contributed by atoms with van der Waals surface area (Å²) in [6.07, 6.45) is 1.80. The molecule has 3 aromatic rings. The number of anilines is 2. The zero-order valence-electron chi connectivity index (χ0n) is 13.1. The Morgan fingerprint density at radius 2 is 1.67 bits per heavy atom. The number of carbonyl (C=O) groups is 1. The number of amides is 2. The summed E-state index contributed by atoms with van der Waals surface area (Å²) in [5.41, 5.74) is 0.727. The molecule has 2 aromatic carbocycles. The van der Waals surface area contributed by atoms with Crippen molar-refractivity contribution >= 4 is 17.5 Å².